The first-order chi connectivity index (χ1) is 10.3. The number of benzene rings is 1. The van der Waals surface area contributed by atoms with Crippen LogP contribution >= 0.6 is 58.0 Å². The van der Waals surface area contributed by atoms with E-state index in [-0.39, 0.29) is 49.6 Å². The molecule has 1 aromatic rings. The number of amides is 2. The number of halogens is 5. The van der Waals surface area contributed by atoms with Gasteiger partial charge in [0, 0.05) is 6.08 Å². The van der Waals surface area contributed by atoms with Gasteiger partial charge in [0.2, 0.25) is 0 Å². The van der Waals surface area contributed by atoms with Crippen molar-refractivity contribution in [2.45, 2.75) is 0 Å². The molecule has 2 rings (SSSR count). The van der Waals surface area contributed by atoms with Crippen molar-refractivity contribution in [3.8, 4) is 0 Å². The van der Waals surface area contributed by atoms with Crippen molar-refractivity contribution < 1.29 is 14.7 Å². The van der Waals surface area contributed by atoms with Crippen LogP contribution in [0.2, 0.25) is 25.1 Å². The summed E-state index contributed by atoms with van der Waals surface area (Å²) < 4.78 is 0. The van der Waals surface area contributed by atoms with Gasteiger partial charge >= 0.3 is 0 Å². The second kappa shape index (κ2) is 6.83. The predicted octanol–water partition coefficient (Wildman–Crippen LogP) is 3.61. The van der Waals surface area contributed by atoms with E-state index in [1.807, 2.05) is 0 Å². The van der Waals surface area contributed by atoms with Crippen LogP contribution in [-0.2, 0) is 9.59 Å². The highest BCUT2D eigenvalue weighted by Crippen LogP contribution is 2.47. The fraction of sp³-hybridized carbons (Fsp3) is 0.167. The number of aliphatic hydroxyl groups is 1. The number of nitrogens with one attached hydrogen (secondary N) is 1. The van der Waals surface area contributed by atoms with E-state index in [0.717, 1.165) is 11.0 Å². The molecule has 0 bridgehead atoms. The summed E-state index contributed by atoms with van der Waals surface area (Å²) in [5.41, 5.74) is -0.0160. The largest absolute Gasteiger partial charge is 0.395 e. The van der Waals surface area contributed by atoms with Gasteiger partial charge in [-0.15, -0.1) is 0 Å². The Bertz CT molecular complexity index is 675. The highest BCUT2D eigenvalue weighted by Gasteiger charge is 2.32. The van der Waals surface area contributed by atoms with Crippen LogP contribution in [0, 0.1) is 0 Å². The van der Waals surface area contributed by atoms with E-state index >= 15 is 0 Å². The first-order valence-corrected chi connectivity index (χ1v) is 7.65. The molecule has 10 heteroatoms. The van der Waals surface area contributed by atoms with Crippen LogP contribution in [-0.4, -0.2) is 35.0 Å². The van der Waals surface area contributed by atoms with Crippen molar-refractivity contribution >= 4 is 75.5 Å². The Labute approximate surface area is 150 Å². The number of imide groups is 1. The van der Waals surface area contributed by atoms with E-state index in [9.17, 15) is 9.59 Å². The van der Waals surface area contributed by atoms with Crippen LogP contribution in [0.5, 0.6) is 0 Å². The molecule has 118 valence electrons. The summed E-state index contributed by atoms with van der Waals surface area (Å²) in [4.78, 5) is 24.6. The second-order valence-corrected chi connectivity index (χ2v) is 6.04. The molecule has 0 radical (unpaired) electrons. The molecule has 2 N–H and O–H groups in total. The number of aliphatic hydroxyl groups excluding tert-OH is 1. The molecule has 0 spiro atoms. The SMILES string of the molecule is O=C1C=C(Nc2c(Cl)c(Cl)c(Cl)c(Cl)c2Cl)C(=O)N1CCO. The van der Waals surface area contributed by atoms with Gasteiger partial charge in [-0.25, -0.2) is 0 Å². The fourth-order valence-corrected chi connectivity index (χ4v) is 2.99. The summed E-state index contributed by atoms with van der Waals surface area (Å²) in [7, 11) is 0. The maximum absolute atomic E-state index is 12.1. The van der Waals surface area contributed by atoms with Crippen molar-refractivity contribution in [1.29, 1.82) is 0 Å². The predicted molar refractivity (Wildman–Crippen MR) is 87.0 cm³/mol. The molecule has 0 saturated carbocycles. The Kier molecular flexibility index (Phi) is 5.48. The molecule has 22 heavy (non-hydrogen) atoms. The van der Waals surface area contributed by atoms with Gasteiger partial charge in [-0.2, -0.15) is 0 Å². The van der Waals surface area contributed by atoms with Gasteiger partial charge in [-0.3, -0.25) is 14.5 Å². The number of β-amino-alcohol motifs (C(OH)–C–C–N with tert-alkyl or cyclic N) is 1. The average Bonchev–Trinajstić information content (AvgIpc) is 2.75. The smallest absolute Gasteiger partial charge is 0.277 e. The van der Waals surface area contributed by atoms with Crippen molar-refractivity contribution in [2.75, 3.05) is 18.5 Å². The second-order valence-electron chi connectivity index (χ2n) is 4.15. The molecular weight excluding hydrogens is 397 g/mol. The number of carbonyl (C=O) groups excluding carboxylic acids is 2. The lowest BCUT2D eigenvalue weighted by atomic mass is 10.3. The van der Waals surface area contributed by atoms with Crippen LogP contribution < -0.4 is 5.32 Å². The first kappa shape index (κ1) is 17.7. The van der Waals surface area contributed by atoms with Gasteiger partial charge in [0.15, 0.2) is 0 Å². The lowest BCUT2D eigenvalue weighted by molar-refractivity contribution is -0.137. The molecular formula is C12H7Cl5N2O3. The molecule has 0 saturated heterocycles. The Morgan fingerprint density at radius 1 is 0.955 bits per heavy atom. The lowest BCUT2D eigenvalue weighted by Gasteiger charge is -2.16. The van der Waals surface area contributed by atoms with E-state index in [0.29, 0.717) is 0 Å². The molecule has 1 heterocycles. The quantitative estimate of drug-likeness (QED) is 0.457. The number of nitrogens with zero attached hydrogens (tertiary/aromatic N) is 1. The van der Waals surface area contributed by atoms with Gasteiger partial charge < -0.3 is 10.4 Å². The van der Waals surface area contributed by atoms with Crippen molar-refractivity contribution in [3.05, 3.63) is 36.9 Å². The lowest BCUT2D eigenvalue weighted by Crippen LogP contribution is -2.34. The zero-order chi connectivity index (χ0) is 16.6. The summed E-state index contributed by atoms with van der Waals surface area (Å²) in [5, 5.41) is 11.3. The van der Waals surface area contributed by atoms with Gasteiger partial charge in [-0.1, -0.05) is 58.0 Å². The molecule has 2 amide bonds. The van der Waals surface area contributed by atoms with Crippen LogP contribution in [0.25, 0.3) is 0 Å². The molecule has 1 aromatic carbocycles. The molecule has 5 nitrogen and oxygen atoms in total. The molecule has 1 aliphatic rings. The Morgan fingerprint density at radius 3 is 1.95 bits per heavy atom. The van der Waals surface area contributed by atoms with Crippen molar-refractivity contribution in [1.82, 2.24) is 4.90 Å². The van der Waals surface area contributed by atoms with Crippen LogP contribution in [0.4, 0.5) is 5.69 Å². The van der Waals surface area contributed by atoms with Gasteiger partial charge in [0.1, 0.15) is 5.70 Å². The highest BCUT2D eigenvalue weighted by molar-refractivity contribution is 6.56. The third-order valence-electron chi connectivity index (χ3n) is 2.80. The topological polar surface area (TPSA) is 69.6 Å². The average molecular weight is 404 g/mol. The fourth-order valence-electron chi connectivity index (χ4n) is 1.76. The Balaban J connectivity index is 2.39. The third kappa shape index (κ3) is 3.02. The summed E-state index contributed by atoms with van der Waals surface area (Å²) in [6.45, 7) is -0.471. The standard InChI is InChI=1S/C12H7Cl5N2O3/c13-6-7(14)9(16)11(10(17)8(6)15)18-4-3-5(21)19(1-2-20)12(4)22/h3,18,20H,1-2H2. The van der Waals surface area contributed by atoms with Crippen LogP contribution in [0.15, 0.2) is 11.8 Å². The van der Waals surface area contributed by atoms with Crippen molar-refractivity contribution in [3.63, 3.8) is 0 Å². The molecule has 0 aliphatic carbocycles. The van der Waals surface area contributed by atoms with E-state index < -0.39 is 11.8 Å². The summed E-state index contributed by atoms with van der Waals surface area (Å²) in [6, 6.07) is 0. The zero-order valence-corrected chi connectivity index (χ0v) is 14.4. The summed E-state index contributed by atoms with van der Waals surface area (Å²) >= 11 is 29.8. The third-order valence-corrected chi connectivity index (χ3v) is 5.08. The molecule has 0 aromatic heterocycles. The molecule has 0 unspecified atom stereocenters. The van der Waals surface area contributed by atoms with Crippen molar-refractivity contribution in [2.24, 2.45) is 0 Å². The number of hydrogen-bond acceptors (Lipinski definition) is 4. The van der Waals surface area contributed by atoms with Gasteiger partial charge in [0.05, 0.1) is 44.0 Å². The van der Waals surface area contributed by atoms with Crippen LogP contribution in [0.1, 0.15) is 0 Å². The van der Waals surface area contributed by atoms with E-state index in [4.69, 9.17) is 63.1 Å². The minimum atomic E-state index is -0.631. The van der Waals surface area contributed by atoms with Crippen LogP contribution in [0.3, 0.4) is 0 Å². The summed E-state index contributed by atoms with van der Waals surface area (Å²) in [6.07, 6.45) is 1.06. The normalized spacial score (nSPS) is 14.6. The van der Waals surface area contributed by atoms with E-state index in [1.54, 1.807) is 0 Å². The first-order valence-electron chi connectivity index (χ1n) is 5.76. The van der Waals surface area contributed by atoms with Gasteiger partial charge in [-0.05, 0) is 0 Å². The Morgan fingerprint density at radius 2 is 1.45 bits per heavy atom. The highest BCUT2D eigenvalue weighted by atomic mass is 35.5. The maximum atomic E-state index is 12.1. The number of hydrogen-bond donors (Lipinski definition) is 2. The molecule has 1 aliphatic heterocycles. The monoisotopic (exact) mass is 402 g/mol. The minimum Gasteiger partial charge on any atom is -0.395 e. The number of carbonyl (C=O) groups is 2. The maximum Gasteiger partial charge on any atom is 0.277 e. The zero-order valence-electron chi connectivity index (χ0n) is 10.6. The minimum absolute atomic E-state index is 0.0198. The van der Waals surface area contributed by atoms with E-state index in [1.165, 1.54) is 0 Å². The molecule has 0 fully saturated rings. The van der Waals surface area contributed by atoms with E-state index in [2.05, 4.69) is 5.32 Å². The number of anilines is 1. The number of rotatable bonds is 4. The Hall–Kier alpha value is -0.690. The summed E-state index contributed by atoms with van der Waals surface area (Å²) in [5.74, 6) is -1.20. The van der Waals surface area contributed by atoms with Gasteiger partial charge in [0.25, 0.3) is 11.8 Å². The molecule has 0 atom stereocenters.